The van der Waals surface area contributed by atoms with Gasteiger partial charge in [-0.15, -0.1) is 0 Å². The fourth-order valence-corrected chi connectivity index (χ4v) is 1.56. The average molecular weight is 170 g/mol. The first-order valence-corrected chi connectivity index (χ1v) is 4.19. The van der Waals surface area contributed by atoms with Gasteiger partial charge >= 0.3 is 0 Å². The summed E-state index contributed by atoms with van der Waals surface area (Å²) >= 11 is 0. The molecule has 1 aliphatic heterocycles. The lowest BCUT2D eigenvalue weighted by atomic mass is 9.98. The van der Waals surface area contributed by atoms with Crippen LogP contribution in [-0.2, 0) is 9.59 Å². The standard InChI is InChI=1S/C8H14N2O2/c9-8(12)7-2-1-3-10(6-7)4-5-11/h5,7H,1-4,6H2,(H2,9,12). The van der Waals surface area contributed by atoms with Gasteiger partial charge < -0.3 is 10.5 Å². The van der Waals surface area contributed by atoms with Crippen LogP contribution in [0.1, 0.15) is 12.8 Å². The van der Waals surface area contributed by atoms with Gasteiger partial charge in [0.1, 0.15) is 6.29 Å². The lowest BCUT2D eigenvalue weighted by Crippen LogP contribution is -2.41. The Kier molecular flexibility index (Phi) is 3.22. The Labute approximate surface area is 71.7 Å². The molecule has 68 valence electrons. The average Bonchev–Trinajstić information content (AvgIpc) is 2.05. The number of carbonyl (C=O) groups is 2. The van der Waals surface area contributed by atoms with Gasteiger partial charge in [-0.1, -0.05) is 0 Å². The Hall–Kier alpha value is -0.900. The van der Waals surface area contributed by atoms with Crippen LogP contribution < -0.4 is 5.73 Å². The third-order valence-corrected chi connectivity index (χ3v) is 2.24. The zero-order chi connectivity index (χ0) is 8.97. The quantitative estimate of drug-likeness (QED) is 0.574. The van der Waals surface area contributed by atoms with Crippen molar-refractivity contribution in [2.75, 3.05) is 19.6 Å². The summed E-state index contributed by atoms with van der Waals surface area (Å²) < 4.78 is 0. The molecule has 1 aliphatic rings. The minimum Gasteiger partial charge on any atom is -0.369 e. The number of rotatable bonds is 3. The van der Waals surface area contributed by atoms with Gasteiger partial charge in [0.25, 0.3) is 0 Å². The van der Waals surface area contributed by atoms with Crippen molar-refractivity contribution in [3.8, 4) is 0 Å². The molecular formula is C8H14N2O2. The molecule has 4 nitrogen and oxygen atoms in total. The van der Waals surface area contributed by atoms with E-state index in [-0.39, 0.29) is 11.8 Å². The van der Waals surface area contributed by atoms with Gasteiger partial charge in [-0.3, -0.25) is 9.69 Å². The summed E-state index contributed by atoms with van der Waals surface area (Å²) in [6.45, 7) is 1.97. The fourth-order valence-electron chi connectivity index (χ4n) is 1.56. The van der Waals surface area contributed by atoms with Gasteiger partial charge in [0, 0.05) is 6.54 Å². The molecule has 1 fully saturated rings. The maximum absolute atomic E-state index is 10.8. The largest absolute Gasteiger partial charge is 0.369 e. The van der Waals surface area contributed by atoms with E-state index in [1.807, 2.05) is 4.90 Å². The summed E-state index contributed by atoms with van der Waals surface area (Å²) in [5.74, 6) is -0.302. The summed E-state index contributed by atoms with van der Waals surface area (Å²) in [6, 6.07) is 0. The lowest BCUT2D eigenvalue weighted by Gasteiger charge is -2.29. The summed E-state index contributed by atoms with van der Waals surface area (Å²) in [5, 5.41) is 0. The van der Waals surface area contributed by atoms with Gasteiger partial charge in [-0.2, -0.15) is 0 Å². The third-order valence-electron chi connectivity index (χ3n) is 2.24. The van der Waals surface area contributed by atoms with Crippen molar-refractivity contribution in [3.63, 3.8) is 0 Å². The number of primary amides is 1. The van der Waals surface area contributed by atoms with E-state index in [1.54, 1.807) is 0 Å². The highest BCUT2D eigenvalue weighted by atomic mass is 16.1. The monoisotopic (exact) mass is 170 g/mol. The number of carbonyl (C=O) groups excluding carboxylic acids is 2. The van der Waals surface area contributed by atoms with Crippen LogP contribution in [0.4, 0.5) is 0 Å². The molecule has 12 heavy (non-hydrogen) atoms. The Morgan fingerprint density at radius 3 is 3.00 bits per heavy atom. The minimum atomic E-state index is -0.245. The SMILES string of the molecule is NC(=O)C1CCCN(CC=O)C1. The summed E-state index contributed by atoms with van der Waals surface area (Å²) in [6.07, 6.45) is 2.69. The molecule has 2 N–H and O–H groups in total. The summed E-state index contributed by atoms with van der Waals surface area (Å²) in [7, 11) is 0. The maximum Gasteiger partial charge on any atom is 0.221 e. The molecule has 0 aromatic heterocycles. The Morgan fingerprint density at radius 2 is 2.42 bits per heavy atom. The van der Waals surface area contributed by atoms with Crippen molar-refractivity contribution >= 4 is 12.2 Å². The molecule has 1 unspecified atom stereocenters. The third kappa shape index (κ3) is 2.30. The van der Waals surface area contributed by atoms with E-state index in [0.29, 0.717) is 13.1 Å². The molecular weight excluding hydrogens is 156 g/mol. The highest BCUT2D eigenvalue weighted by Crippen LogP contribution is 2.14. The molecule has 0 radical (unpaired) electrons. The lowest BCUT2D eigenvalue weighted by molar-refractivity contribution is -0.124. The molecule has 0 aliphatic carbocycles. The van der Waals surface area contributed by atoms with Crippen LogP contribution in [-0.4, -0.2) is 36.7 Å². The molecule has 1 atom stereocenters. The zero-order valence-electron chi connectivity index (χ0n) is 7.03. The molecule has 0 bridgehead atoms. The molecule has 1 rings (SSSR count). The predicted molar refractivity (Wildman–Crippen MR) is 44.4 cm³/mol. The minimum absolute atomic E-state index is 0.0568. The number of piperidine rings is 1. The number of hydrogen-bond acceptors (Lipinski definition) is 3. The number of nitrogens with zero attached hydrogens (tertiary/aromatic N) is 1. The van der Waals surface area contributed by atoms with Crippen molar-refractivity contribution in [3.05, 3.63) is 0 Å². The van der Waals surface area contributed by atoms with Gasteiger partial charge in [-0.05, 0) is 19.4 Å². The molecule has 0 spiro atoms. The second-order valence-corrected chi connectivity index (χ2v) is 3.17. The number of aldehydes is 1. The van der Waals surface area contributed by atoms with Crippen LogP contribution >= 0.6 is 0 Å². The van der Waals surface area contributed by atoms with Crippen LogP contribution in [0.25, 0.3) is 0 Å². The Morgan fingerprint density at radius 1 is 1.67 bits per heavy atom. The van der Waals surface area contributed by atoms with Gasteiger partial charge in [0.05, 0.1) is 12.5 Å². The van der Waals surface area contributed by atoms with E-state index in [0.717, 1.165) is 25.7 Å². The smallest absolute Gasteiger partial charge is 0.221 e. The molecule has 0 aromatic rings. The van der Waals surface area contributed by atoms with E-state index in [1.165, 1.54) is 0 Å². The Balaban J connectivity index is 2.39. The fraction of sp³-hybridized carbons (Fsp3) is 0.750. The molecule has 0 saturated carbocycles. The van der Waals surface area contributed by atoms with Crippen LogP contribution in [0.2, 0.25) is 0 Å². The van der Waals surface area contributed by atoms with Gasteiger partial charge in [0.15, 0.2) is 0 Å². The van der Waals surface area contributed by atoms with E-state index >= 15 is 0 Å². The number of hydrogen-bond donors (Lipinski definition) is 1. The van der Waals surface area contributed by atoms with E-state index in [2.05, 4.69) is 0 Å². The first kappa shape index (κ1) is 9.19. The van der Waals surface area contributed by atoms with Crippen molar-refractivity contribution < 1.29 is 9.59 Å². The maximum atomic E-state index is 10.8. The highest BCUT2D eigenvalue weighted by Gasteiger charge is 2.23. The van der Waals surface area contributed by atoms with Crippen molar-refractivity contribution in [1.82, 2.24) is 4.90 Å². The van der Waals surface area contributed by atoms with Gasteiger partial charge in [-0.25, -0.2) is 0 Å². The first-order chi connectivity index (χ1) is 5.74. The number of nitrogens with two attached hydrogens (primary N) is 1. The highest BCUT2D eigenvalue weighted by molar-refractivity contribution is 5.77. The topological polar surface area (TPSA) is 63.4 Å². The van der Waals surface area contributed by atoms with Crippen LogP contribution in [0.5, 0.6) is 0 Å². The second-order valence-electron chi connectivity index (χ2n) is 3.17. The summed E-state index contributed by atoms with van der Waals surface area (Å²) in [5.41, 5.74) is 5.17. The zero-order valence-corrected chi connectivity index (χ0v) is 7.03. The number of amides is 1. The van der Waals surface area contributed by atoms with Crippen molar-refractivity contribution in [2.24, 2.45) is 11.7 Å². The van der Waals surface area contributed by atoms with E-state index in [9.17, 15) is 9.59 Å². The number of likely N-dealkylation sites (tertiary alicyclic amines) is 1. The first-order valence-electron chi connectivity index (χ1n) is 4.19. The molecule has 1 saturated heterocycles. The van der Waals surface area contributed by atoms with Crippen molar-refractivity contribution in [2.45, 2.75) is 12.8 Å². The predicted octanol–water partition coefficient (Wildman–Crippen LogP) is -0.617. The van der Waals surface area contributed by atoms with E-state index in [4.69, 9.17) is 5.73 Å². The summed E-state index contributed by atoms with van der Waals surface area (Å²) in [4.78, 5) is 23.0. The normalized spacial score (nSPS) is 25.2. The van der Waals surface area contributed by atoms with Crippen LogP contribution in [0.15, 0.2) is 0 Å². The van der Waals surface area contributed by atoms with Gasteiger partial charge in [0.2, 0.25) is 5.91 Å². The van der Waals surface area contributed by atoms with Crippen LogP contribution in [0.3, 0.4) is 0 Å². The molecule has 1 amide bonds. The van der Waals surface area contributed by atoms with Crippen LogP contribution in [0, 0.1) is 5.92 Å². The molecule has 1 heterocycles. The molecule has 0 aromatic carbocycles. The Bertz CT molecular complexity index is 182. The second kappa shape index (κ2) is 4.21. The van der Waals surface area contributed by atoms with E-state index < -0.39 is 0 Å². The molecule has 4 heteroatoms. The van der Waals surface area contributed by atoms with Crippen molar-refractivity contribution in [1.29, 1.82) is 0 Å².